The van der Waals surface area contributed by atoms with Crippen LogP contribution in [0.5, 0.6) is 5.75 Å². The SMILES string of the molecule is COC(=O)C(C)c1ccc(OCCNC(=O)OCc2ccccc2)cc1. The van der Waals surface area contributed by atoms with E-state index in [9.17, 15) is 9.59 Å². The summed E-state index contributed by atoms with van der Waals surface area (Å²) in [6.07, 6.45) is -0.486. The van der Waals surface area contributed by atoms with Crippen LogP contribution in [0.3, 0.4) is 0 Å². The van der Waals surface area contributed by atoms with E-state index >= 15 is 0 Å². The van der Waals surface area contributed by atoms with Crippen molar-refractivity contribution in [2.45, 2.75) is 19.4 Å². The van der Waals surface area contributed by atoms with Crippen molar-refractivity contribution in [3.8, 4) is 5.75 Å². The van der Waals surface area contributed by atoms with E-state index < -0.39 is 6.09 Å². The molecule has 0 spiro atoms. The van der Waals surface area contributed by atoms with Crippen molar-refractivity contribution in [3.05, 3.63) is 65.7 Å². The molecule has 0 bridgehead atoms. The molecule has 1 N–H and O–H groups in total. The van der Waals surface area contributed by atoms with E-state index in [2.05, 4.69) is 5.32 Å². The first-order chi connectivity index (χ1) is 12.6. The molecule has 1 unspecified atom stereocenters. The molecule has 0 radical (unpaired) electrons. The van der Waals surface area contributed by atoms with Crippen molar-refractivity contribution in [1.29, 1.82) is 0 Å². The Hall–Kier alpha value is -3.02. The Balaban J connectivity index is 1.66. The van der Waals surface area contributed by atoms with Crippen molar-refractivity contribution in [2.24, 2.45) is 0 Å². The largest absolute Gasteiger partial charge is 0.492 e. The van der Waals surface area contributed by atoms with Crippen LogP contribution in [0, 0.1) is 0 Å². The molecule has 0 heterocycles. The first-order valence-corrected chi connectivity index (χ1v) is 8.35. The number of amides is 1. The number of nitrogens with one attached hydrogen (secondary N) is 1. The fourth-order valence-electron chi connectivity index (χ4n) is 2.26. The van der Waals surface area contributed by atoms with Crippen LogP contribution in [0.15, 0.2) is 54.6 Å². The van der Waals surface area contributed by atoms with Crippen LogP contribution in [0.1, 0.15) is 24.0 Å². The molecule has 6 nitrogen and oxygen atoms in total. The second-order valence-electron chi connectivity index (χ2n) is 5.65. The van der Waals surface area contributed by atoms with Crippen molar-refractivity contribution < 1.29 is 23.8 Å². The summed E-state index contributed by atoms with van der Waals surface area (Å²) in [5.41, 5.74) is 1.78. The van der Waals surface area contributed by atoms with E-state index in [4.69, 9.17) is 14.2 Å². The minimum atomic E-state index is -0.486. The van der Waals surface area contributed by atoms with Gasteiger partial charge in [-0.25, -0.2) is 4.79 Å². The monoisotopic (exact) mass is 357 g/mol. The van der Waals surface area contributed by atoms with Gasteiger partial charge in [-0.2, -0.15) is 0 Å². The molecule has 0 aliphatic rings. The maximum absolute atomic E-state index is 11.6. The second-order valence-corrected chi connectivity index (χ2v) is 5.65. The van der Waals surface area contributed by atoms with Crippen LogP contribution >= 0.6 is 0 Å². The van der Waals surface area contributed by atoms with Crippen LogP contribution in [0.4, 0.5) is 4.79 Å². The fraction of sp³-hybridized carbons (Fsp3) is 0.300. The average Bonchev–Trinajstić information content (AvgIpc) is 2.69. The zero-order chi connectivity index (χ0) is 18.8. The number of rotatable bonds is 8. The van der Waals surface area contributed by atoms with E-state index in [0.717, 1.165) is 11.1 Å². The van der Waals surface area contributed by atoms with Gasteiger partial charge in [-0.3, -0.25) is 4.79 Å². The van der Waals surface area contributed by atoms with Gasteiger partial charge in [-0.1, -0.05) is 42.5 Å². The highest BCUT2D eigenvalue weighted by Gasteiger charge is 2.15. The third-order valence-electron chi connectivity index (χ3n) is 3.79. The number of ether oxygens (including phenoxy) is 3. The van der Waals surface area contributed by atoms with E-state index in [-0.39, 0.29) is 18.5 Å². The van der Waals surface area contributed by atoms with Crippen molar-refractivity contribution in [2.75, 3.05) is 20.3 Å². The van der Waals surface area contributed by atoms with Crippen LogP contribution in [-0.4, -0.2) is 32.3 Å². The first kappa shape index (κ1) is 19.3. The first-order valence-electron chi connectivity index (χ1n) is 8.35. The van der Waals surface area contributed by atoms with Gasteiger partial charge in [-0.05, 0) is 30.2 Å². The number of carbonyl (C=O) groups is 2. The smallest absolute Gasteiger partial charge is 0.407 e. The lowest BCUT2D eigenvalue weighted by Gasteiger charge is -2.11. The molecule has 0 fully saturated rings. The summed E-state index contributed by atoms with van der Waals surface area (Å²) in [5, 5.41) is 2.63. The maximum Gasteiger partial charge on any atom is 0.407 e. The Kier molecular flexibility index (Phi) is 7.49. The molecular formula is C20H23NO5. The van der Waals surface area contributed by atoms with Gasteiger partial charge in [-0.15, -0.1) is 0 Å². The summed E-state index contributed by atoms with van der Waals surface area (Å²) in [4.78, 5) is 23.1. The van der Waals surface area contributed by atoms with Gasteiger partial charge in [0.1, 0.15) is 19.0 Å². The summed E-state index contributed by atoms with van der Waals surface area (Å²) in [7, 11) is 1.37. The molecule has 0 saturated carbocycles. The summed E-state index contributed by atoms with van der Waals surface area (Å²) in [6.45, 7) is 2.65. The van der Waals surface area contributed by atoms with Gasteiger partial charge >= 0.3 is 12.1 Å². The van der Waals surface area contributed by atoms with Crippen molar-refractivity contribution >= 4 is 12.1 Å². The Bertz CT molecular complexity index is 700. The highest BCUT2D eigenvalue weighted by molar-refractivity contribution is 5.77. The van der Waals surface area contributed by atoms with E-state index in [1.165, 1.54) is 7.11 Å². The summed E-state index contributed by atoms with van der Waals surface area (Å²) < 4.78 is 15.4. The number of methoxy groups -OCH3 is 1. The molecule has 6 heteroatoms. The normalized spacial score (nSPS) is 11.3. The van der Waals surface area contributed by atoms with Gasteiger partial charge in [0, 0.05) is 0 Å². The summed E-state index contributed by atoms with van der Waals surface area (Å²) >= 11 is 0. The zero-order valence-electron chi connectivity index (χ0n) is 14.9. The van der Waals surface area contributed by atoms with Gasteiger partial charge in [0.25, 0.3) is 0 Å². The van der Waals surface area contributed by atoms with E-state index in [1.807, 2.05) is 42.5 Å². The third kappa shape index (κ3) is 6.12. The number of hydrogen-bond donors (Lipinski definition) is 1. The molecule has 138 valence electrons. The Morgan fingerprint density at radius 2 is 1.73 bits per heavy atom. The minimum Gasteiger partial charge on any atom is -0.492 e. The standard InChI is InChI=1S/C20H23NO5/c1-15(19(22)24-2)17-8-10-18(11-9-17)25-13-12-21-20(23)26-14-16-6-4-3-5-7-16/h3-11,15H,12-14H2,1-2H3,(H,21,23). The Morgan fingerprint density at radius 1 is 1.04 bits per heavy atom. The van der Waals surface area contributed by atoms with Gasteiger partial charge in [0.15, 0.2) is 0 Å². The molecule has 0 saturated heterocycles. The van der Waals surface area contributed by atoms with Crippen LogP contribution < -0.4 is 10.1 Å². The van der Waals surface area contributed by atoms with Crippen molar-refractivity contribution in [1.82, 2.24) is 5.32 Å². The summed E-state index contributed by atoms with van der Waals surface area (Å²) in [5.74, 6) is 0.0530. The van der Waals surface area contributed by atoms with E-state index in [1.54, 1.807) is 19.1 Å². The fourth-order valence-corrected chi connectivity index (χ4v) is 2.26. The van der Waals surface area contributed by atoms with Crippen LogP contribution in [0.2, 0.25) is 0 Å². The molecule has 0 aromatic heterocycles. The molecule has 26 heavy (non-hydrogen) atoms. The highest BCUT2D eigenvalue weighted by Crippen LogP contribution is 2.20. The van der Waals surface area contributed by atoms with E-state index in [0.29, 0.717) is 18.9 Å². The number of esters is 1. The topological polar surface area (TPSA) is 73.9 Å². The Morgan fingerprint density at radius 3 is 2.38 bits per heavy atom. The predicted octanol–water partition coefficient (Wildman–Crippen LogP) is 3.27. The number of hydrogen-bond acceptors (Lipinski definition) is 5. The summed E-state index contributed by atoms with van der Waals surface area (Å²) in [6, 6.07) is 16.7. The zero-order valence-corrected chi connectivity index (χ0v) is 14.9. The third-order valence-corrected chi connectivity index (χ3v) is 3.79. The van der Waals surface area contributed by atoms with Crippen LogP contribution in [-0.2, 0) is 20.9 Å². The molecule has 2 aromatic carbocycles. The number of benzene rings is 2. The lowest BCUT2D eigenvalue weighted by molar-refractivity contribution is -0.141. The second kappa shape index (κ2) is 10.1. The molecule has 2 rings (SSSR count). The highest BCUT2D eigenvalue weighted by atomic mass is 16.5. The lowest BCUT2D eigenvalue weighted by atomic mass is 10.0. The quantitative estimate of drug-likeness (QED) is 0.580. The molecule has 2 aromatic rings. The molecule has 1 atom stereocenters. The number of alkyl carbamates (subject to hydrolysis) is 1. The molecular weight excluding hydrogens is 334 g/mol. The predicted molar refractivity (Wildman–Crippen MR) is 97.0 cm³/mol. The average molecular weight is 357 g/mol. The Labute approximate surface area is 153 Å². The van der Waals surface area contributed by atoms with Crippen LogP contribution in [0.25, 0.3) is 0 Å². The maximum atomic E-state index is 11.6. The number of carbonyl (C=O) groups excluding carboxylic acids is 2. The lowest BCUT2D eigenvalue weighted by Crippen LogP contribution is -2.28. The van der Waals surface area contributed by atoms with Crippen molar-refractivity contribution in [3.63, 3.8) is 0 Å². The van der Waals surface area contributed by atoms with Gasteiger partial charge in [0.05, 0.1) is 19.6 Å². The molecule has 0 aliphatic carbocycles. The molecule has 0 aliphatic heterocycles. The minimum absolute atomic E-state index is 0.230. The molecule has 1 amide bonds. The van der Waals surface area contributed by atoms with Gasteiger partial charge in [0.2, 0.25) is 0 Å². The van der Waals surface area contributed by atoms with Gasteiger partial charge < -0.3 is 19.5 Å².